The zero-order valence-electron chi connectivity index (χ0n) is 10.3. The van der Waals surface area contributed by atoms with Crippen LogP contribution in [-0.2, 0) is 0 Å². The highest BCUT2D eigenvalue weighted by Gasteiger charge is 2.24. The lowest BCUT2D eigenvalue weighted by Gasteiger charge is -2.31. The van der Waals surface area contributed by atoms with E-state index in [0.717, 1.165) is 30.5 Å². The Bertz CT molecular complexity index is 577. The SMILES string of the molecule is C[C@@H]1CN(C(=O)c2n[nH]c3ccccc23)CCN1. The molecule has 1 aromatic carbocycles. The first kappa shape index (κ1) is 11.2. The number of fused-ring (bicyclic) bond motifs is 1. The van der Waals surface area contributed by atoms with E-state index in [1.54, 1.807) is 0 Å². The summed E-state index contributed by atoms with van der Waals surface area (Å²) in [4.78, 5) is 14.3. The third kappa shape index (κ3) is 1.86. The fraction of sp³-hybridized carbons (Fsp3) is 0.385. The number of piperazine rings is 1. The van der Waals surface area contributed by atoms with E-state index in [1.807, 2.05) is 29.2 Å². The molecule has 2 N–H and O–H groups in total. The Morgan fingerprint density at radius 2 is 2.28 bits per heavy atom. The molecule has 0 spiro atoms. The van der Waals surface area contributed by atoms with Gasteiger partial charge in [-0.3, -0.25) is 9.89 Å². The Labute approximate surface area is 105 Å². The minimum Gasteiger partial charge on any atom is -0.334 e. The van der Waals surface area contributed by atoms with Crippen LogP contribution in [0.2, 0.25) is 0 Å². The molecule has 0 aliphatic carbocycles. The summed E-state index contributed by atoms with van der Waals surface area (Å²) in [5, 5.41) is 11.3. The number of benzene rings is 1. The second kappa shape index (κ2) is 4.42. The van der Waals surface area contributed by atoms with Gasteiger partial charge in [0.05, 0.1) is 5.52 Å². The molecule has 0 bridgehead atoms. The monoisotopic (exact) mass is 244 g/mol. The fourth-order valence-electron chi connectivity index (χ4n) is 2.39. The minimum absolute atomic E-state index is 0.0146. The number of H-pyrrole nitrogens is 1. The van der Waals surface area contributed by atoms with Gasteiger partial charge in [-0.05, 0) is 13.0 Å². The first-order valence-corrected chi connectivity index (χ1v) is 6.21. The molecule has 2 heterocycles. The van der Waals surface area contributed by atoms with E-state index in [0.29, 0.717) is 11.7 Å². The second-order valence-electron chi connectivity index (χ2n) is 4.72. The molecule has 5 nitrogen and oxygen atoms in total. The molecule has 1 aromatic heterocycles. The first-order chi connectivity index (χ1) is 8.75. The minimum atomic E-state index is 0.0146. The highest BCUT2D eigenvalue weighted by Crippen LogP contribution is 2.17. The van der Waals surface area contributed by atoms with Gasteiger partial charge in [-0.2, -0.15) is 5.10 Å². The zero-order chi connectivity index (χ0) is 12.5. The van der Waals surface area contributed by atoms with Crippen molar-refractivity contribution in [3.63, 3.8) is 0 Å². The summed E-state index contributed by atoms with van der Waals surface area (Å²) >= 11 is 0. The number of amides is 1. The maximum atomic E-state index is 12.4. The van der Waals surface area contributed by atoms with Crippen molar-refractivity contribution >= 4 is 16.8 Å². The van der Waals surface area contributed by atoms with E-state index in [2.05, 4.69) is 22.4 Å². The predicted octanol–water partition coefficient (Wildman–Crippen LogP) is 0.997. The molecule has 1 amide bonds. The molecule has 94 valence electrons. The predicted molar refractivity (Wildman–Crippen MR) is 69.5 cm³/mol. The molecule has 2 aromatic rings. The van der Waals surface area contributed by atoms with Crippen molar-refractivity contribution in [1.82, 2.24) is 20.4 Å². The van der Waals surface area contributed by atoms with Gasteiger partial charge < -0.3 is 10.2 Å². The van der Waals surface area contributed by atoms with Gasteiger partial charge in [0.2, 0.25) is 0 Å². The van der Waals surface area contributed by atoms with E-state index in [9.17, 15) is 4.79 Å². The smallest absolute Gasteiger partial charge is 0.275 e. The molecular formula is C13H16N4O. The topological polar surface area (TPSA) is 61.0 Å². The number of hydrogen-bond acceptors (Lipinski definition) is 3. The Hall–Kier alpha value is -1.88. The van der Waals surface area contributed by atoms with Gasteiger partial charge in [-0.25, -0.2) is 0 Å². The average molecular weight is 244 g/mol. The molecule has 1 saturated heterocycles. The summed E-state index contributed by atoms with van der Waals surface area (Å²) in [6.45, 7) is 4.40. The van der Waals surface area contributed by atoms with Crippen molar-refractivity contribution in [2.45, 2.75) is 13.0 Å². The van der Waals surface area contributed by atoms with E-state index in [-0.39, 0.29) is 5.91 Å². The molecule has 1 aliphatic heterocycles. The van der Waals surface area contributed by atoms with Crippen LogP contribution in [0.3, 0.4) is 0 Å². The van der Waals surface area contributed by atoms with Gasteiger partial charge in [-0.15, -0.1) is 0 Å². The number of aromatic amines is 1. The van der Waals surface area contributed by atoms with Crippen molar-refractivity contribution in [2.24, 2.45) is 0 Å². The molecule has 0 saturated carbocycles. The molecule has 1 fully saturated rings. The summed E-state index contributed by atoms with van der Waals surface area (Å²) in [5.74, 6) is 0.0146. The van der Waals surface area contributed by atoms with Crippen molar-refractivity contribution < 1.29 is 4.79 Å². The summed E-state index contributed by atoms with van der Waals surface area (Å²) in [6.07, 6.45) is 0. The lowest BCUT2D eigenvalue weighted by molar-refractivity contribution is 0.0705. The van der Waals surface area contributed by atoms with Crippen molar-refractivity contribution in [2.75, 3.05) is 19.6 Å². The number of carbonyl (C=O) groups excluding carboxylic acids is 1. The van der Waals surface area contributed by atoms with E-state index < -0.39 is 0 Å². The normalized spacial score (nSPS) is 20.3. The zero-order valence-corrected chi connectivity index (χ0v) is 10.3. The van der Waals surface area contributed by atoms with Crippen LogP contribution in [0.1, 0.15) is 17.4 Å². The molecule has 1 aliphatic rings. The third-order valence-electron chi connectivity index (χ3n) is 3.33. The van der Waals surface area contributed by atoms with Crippen LogP contribution in [0.4, 0.5) is 0 Å². The number of hydrogen-bond donors (Lipinski definition) is 2. The Morgan fingerprint density at radius 3 is 3.11 bits per heavy atom. The van der Waals surface area contributed by atoms with Crippen LogP contribution in [0.15, 0.2) is 24.3 Å². The number of rotatable bonds is 1. The largest absolute Gasteiger partial charge is 0.334 e. The standard InChI is InChI=1S/C13H16N4O/c1-9-8-17(7-6-14-9)13(18)12-10-4-2-3-5-11(10)15-16-12/h2-5,9,14H,6-8H2,1H3,(H,15,16)/t9-/m1/s1. The number of carbonyl (C=O) groups is 1. The van der Waals surface area contributed by atoms with Crippen LogP contribution < -0.4 is 5.32 Å². The summed E-state index contributed by atoms with van der Waals surface area (Å²) in [6, 6.07) is 8.06. The maximum Gasteiger partial charge on any atom is 0.275 e. The Morgan fingerprint density at radius 1 is 1.44 bits per heavy atom. The quantitative estimate of drug-likeness (QED) is 0.786. The molecule has 0 unspecified atom stereocenters. The molecule has 3 rings (SSSR count). The van der Waals surface area contributed by atoms with Crippen LogP contribution in [0.5, 0.6) is 0 Å². The van der Waals surface area contributed by atoms with E-state index >= 15 is 0 Å². The number of aromatic nitrogens is 2. The first-order valence-electron chi connectivity index (χ1n) is 6.21. The summed E-state index contributed by atoms with van der Waals surface area (Å²) in [5.41, 5.74) is 1.43. The summed E-state index contributed by atoms with van der Waals surface area (Å²) in [7, 11) is 0. The number of nitrogens with zero attached hydrogens (tertiary/aromatic N) is 2. The average Bonchev–Trinajstić information content (AvgIpc) is 2.82. The number of nitrogens with one attached hydrogen (secondary N) is 2. The van der Waals surface area contributed by atoms with Gasteiger partial charge >= 0.3 is 0 Å². The van der Waals surface area contributed by atoms with Gasteiger partial charge in [-0.1, -0.05) is 18.2 Å². The lowest BCUT2D eigenvalue weighted by Crippen LogP contribution is -2.51. The highest BCUT2D eigenvalue weighted by atomic mass is 16.2. The van der Waals surface area contributed by atoms with Crippen molar-refractivity contribution in [3.05, 3.63) is 30.0 Å². The van der Waals surface area contributed by atoms with Gasteiger partial charge in [0.25, 0.3) is 5.91 Å². The van der Waals surface area contributed by atoms with Crippen LogP contribution in [0, 0.1) is 0 Å². The molecule has 1 atom stereocenters. The van der Waals surface area contributed by atoms with Crippen LogP contribution >= 0.6 is 0 Å². The fourth-order valence-corrected chi connectivity index (χ4v) is 2.39. The molecular weight excluding hydrogens is 228 g/mol. The number of para-hydroxylation sites is 1. The molecule has 0 radical (unpaired) electrons. The lowest BCUT2D eigenvalue weighted by atomic mass is 10.1. The molecule has 5 heteroatoms. The van der Waals surface area contributed by atoms with Crippen LogP contribution in [0.25, 0.3) is 10.9 Å². The Balaban J connectivity index is 1.92. The van der Waals surface area contributed by atoms with Crippen molar-refractivity contribution in [3.8, 4) is 0 Å². The molecule has 18 heavy (non-hydrogen) atoms. The van der Waals surface area contributed by atoms with Crippen LogP contribution in [-0.4, -0.2) is 46.7 Å². The second-order valence-corrected chi connectivity index (χ2v) is 4.72. The summed E-state index contributed by atoms with van der Waals surface area (Å²) < 4.78 is 0. The van der Waals surface area contributed by atoms with Gasteiger partial charge in [0.15, 0.2) is 5.69 Å². The Kier molecular flexibility index (Phi) is 2.76. The maximum absolute atomic E-state index is 12.4. The van der Waals surface area contributed by atoms with Crippen molar-refractivity contribution in [1.29, 1.82) is 0 Å². The highest BCUT2D eigenvalue weighted by molar-refractivity contribution is 6.04. The third-order valence-corrected chi connectivity index (χ3v) is 3.33. The van der Waals surface area contributed by atoms with Gasteiger partial charge in [0.1, 0.15) is 0 Å². The van der Waals surface area contributed by atoms with E-state index in [1.165, 1.54) is 0 Å². The van der Waals surface area contributed by atoms with E-state index in [4.69, 9.17) is 0 Å². The van der Waals surface area contributed by atoms with Gasteiger partial charge in [0, 0.05) is 31.1 Å².